The molecule has 0 bridgehead atoms. The van der Waals surface area contributed by atoms with Crippen molar-refractivity contribution in [2.45, 2.75) is 26.7 Å². The normalized spacial score (nSPS) is 16.1. The third kappa shape index (κ3) is 2.75. The molecule has 1 aliphatic rings. The van der Waals surface area contributed by atoms with Crippen molar-refractivity contribution < 1.29 is 13.6 Å². The van der Waals surface area contributed by atoms with E-state index in [2.05, 4.69) is 19.2 Å². The van der Waals surface area contributed by atoms with Crippen LogP contribution in [0.1, 0.15) is 37.0 Å². The molecule has 4 nitrogen and oxygen atoms in total. The van der Waals surface area contributed by atoms with Gasteiger partial charge in [-0.15, -0.1) is 0 Å². The van der Waals surface area contributed by atoms with Gasteiger partial charge in [0.05, 0.1) is 0 Å². The Bertz CT molecular complexity index is 504. The van der Waals surface area contributed by atoms with Crippen molar-refractivity contribution in [3.63, 3.8) is 0 Å². The van der Waals surface area contributed by atoms with Crippen LogP contribution in [0, 0.1) is 23.0 Å². The molecule has 0 heterocycles. The second kappa shape index (κ2) is 5.36. The average Bonchev–Trinajstić information content (AvgIpc) is 3.16. The summed E-state index contributed by atoms with van der Waals surface area (Å²) in [6.45, 7) is 4.75. The number of hydrazine groups is 1. The third-order valence-electron chi connectivity index (χ3n) is 4.17. The third-order valence-corrected chi connectivity index (χ3v) is 4.17. The van der Waals surface area contributed by atoms with Crippen LogP contribution in [0.15, 0.2) is 12.1 Å². The van der Waals surface area contributed by atoms with Gasteiger partial charge in [0, 0.05) is 12.1 Å². The standard InChI is InChI=1S/C14H19F2N3O/c1-8(2)14(3-4-14)7-18-13(20)9-5-10(15)12(19-17)11(16)6-9/h5-6,8,19H,3-4,7,17H2,1-2H3,(H,18,20). The number of benzene rings is 1. The Labute approximate surface area is 116 Å². The maximum atomic E-state index is 13.5. The quantitative estimate of drug-likeness (QED) is 0.574. The Morgan fingerprint density at radius 3 is 2.30 bits per heavy atom. The summed E-state index contributed by atoms with van der Waals surface area (Å²) in [5.41, 5.74) is 1.59. The minimum Gasteiger partial charge on any atom is -0.351 e. The fourth-order valence-electron chi connectivity index (χ4n) is 2.32. The highest BCUT2D eigenvalue weighted by molar-refractivity contribution is 5.94. The fourth-order valence-corrected chi connectivity index (χ4v) is 2.32. The van der Waals surface area contributed by atoms with E-state index in [9.17, 15) is 13.6 Å². The van der Waals surface area contributed by atoms with Gasteiger partial charge in [0.15, 0.2) is 11.6 Å². The predicted molar refractivity (Wildman–Crippen MR) is 73.0 cm³/mol. The maximum absolute atomic E-state index is 13.5. The zero-order valence-corrected chi connectivity index (χ0v) is 11.6. The lowest BCUT2D eigenvalue weighted by Gasteiger charge is -2.20. The van der Waals surface area contributed by atoms with E-state index in [-0.39, 0.29) is 11.0 Å². The SMILES string of the molecule is CC(C)C1(CNC(=O)c2cc(F)c(NN)c(F)c2)CC1. The summed E-state index contributed by atoms with van der Waals surface area (Å²) < 4.78 is 27.0. The van der Waals surface area contributed by atoms with E-state index in [0.717, 1.165) is 25.0 Å². The number of halogens is 2. The first-order chi connectivity index (χ1) is 9.39. The van der Waals surface area contributed by atoms with E-state index in [0.29, 0.717) is 12.5 Å². The van der Waals surface area contributed by atoms with Gasteiger partial charge in [0.25, 0.3) is 5.91 Å². The summed E-state index contributed by atoms with van der Waals surface area (Å²) >= 11 is 0. The molecular weight excluding hydrogens is 264 g/mol. The van der Waals surface area contributed by atoms with Crippen LogP contribution in [0.5, 0.6) is 0 Å². The zero-order valence-electron chi connectivity index (χ0n) is 11.6. The molecule has 20 heavy (non-hydrogen) atoms. The number of nitrogens with one attached hydrogen (secondary N) is 2. The van der Waals surface area contributed by atoms with E-state index < -0.39 is 23.2 Å². The van der Waals surface area contributed by atoms with Crippen molar-refractivity contribution in [2.75, 3.05) is 12.0 Å². The summed E-state index contributed by atoms with van der Waals surface area (Å²) in [5, 5.41) is 2.75. The predicted octanol–water partition coefficient (Wildman–Crippen LogP) is 2.42. The molecule has 1 aromatic carbocycles. The number of carbonyl (C=O) groups is 1. The van der Waals surface area contributed by atoms with Gasteiger partial charge in [0.2, 0.25) is 0 Å². The molecule has 0 radical (unpaired) electrons. The Morgan fingerprint density at radius 1 is 1.35 bits per heavy atom. The molecule has 0 aromatic heterocycles. The Morgan fingerprint density at radius 2 is 1.90 bits per heavy atom. The molecule has 1 aromatic rings. The number of rotatable bonds is 5. The monoisotopic (exact) mass is 283 g/mol. The molecule has 6 heteroatoms. The zero-order chi connectivity index (χ0) is 14.9. The fraction of sp³-hybridized carbons (Fsp3) is 0.500. The molecule has 0 unspecified atom stereocenters. The van der Waals surface area contributed by atoms with Crippen LogP contribution < -0.4 is 16.6 Å². The molecule has 2 rings (SSSR count). The molecule has 4 N–H and O–H groups in total. The highest BCUT2D eigenvalue weighted by Crippen LogP contribution is 2.51. The van der Waals surface area contributed by atoms with Crippen LogP contribution in [0.4, 0.5) is 14.5 Å². The number of nitrogen functional groups attached to an aromatic ring is 1. The molecule has 0 atom stereocenters. The van der Waals surface area contributed by atoms with Gasteiger partial charge in [-0.05, 0) is 36.3 Å². The summed E-state index contributed by atoms with van der Waals surface area (Å²) in [7, 11) is 0. The number of nitrogens with two attached hydrogens (primary N) is 1. The average molecular weight is 283 g/mol. The number of hydrogen-bond donors (Lipinski definition) is 3. The topological polar surface area (TPSA) is 67.2 Å². The van der Waals surface area contributed by atoms with Crippen LogP contribution >= 0.6 is 0 Å². The lowest BCUT2D eigenvalue weighted by Crippen LogP contribution is -2.32. The van der Waals surface area contributed by atoms with Crippen LogP contribution in [0.2, 0.25) is 0 Å². The van der Waals surface area contributed by atoms with Crippen molar-refractivity contribution in [2.24, 2.45) is 17.2 Å². The van der Waals surface area contributed by atoms with Crippen molar-refractivity contribution in [3.8, 4) is 0 Å². The molecule has 1 saturated carbocycles. The lowest BCUT2D eigenvalue weighted by molar-refractivity contribution is 0.0939. The van der Waals surface area contributed by atoms with Crippen molar-refractivity contribution in [1.82, 2.24) is 5.32 Å². The smallest absolute Gasteiger partial charge is 0.251 e. The number of amides is 1. The second-order valence-electron chi connectivity index (χ2n) is 5.66. The Hall–Kier alpha value is -1.69. The van der Waals surface area contributed by atoms with E-state index in [1.54, 1.807) is 0 Å². The summed E-state index contributed by atoms with van der Waals surface area (Å²) in [6.07, 6.45) is 2.15. The summed E-state index contributed by atoms with van der Waals surface area (Å²) in [6, 6.07) is 1.95. The summed E-state index contributed by atoms with van der Waals surface area (Å²) in [5.74, 6) is 3.23. The van der Waals surface area contributed by atoms with E-state index in [1.165, 1.54) is 0 Å². The first-order valence-electron chi connectivity index (χ1n) is 6.63. The first kappa shape index (κ1) is 14.7. The lowest BCUT2D eigenvalue weighted by atomic mass is 9.92. The van der Waals surface area contributed by atoms with E-state index in [1.807, 2.05) is 5.43 Å². The van der Waals surface area contributed by atoms with Gasteiger partial charge < -0.3 is 10.7 Å². The molecule has 110 valence electrons. The number of hydrogen-bond acceptors (Lipinski definition) is 3. The van der Waals surface area contributed by atoms with Crippen LogP contribution in [-0.4, -0.2) is 12.5 Å². The molecule has 0 aliphatic heterocycles. The van der Waals surface area contributed by atoms with Crippen molar-refractivity contribution in [1.29, 1.82) is 0 Å². The molecule has 0 saturated heterocycles. The van der Waals surface area contributed by atoms with Gasteiger partial charge in [-0.1, -0.05) is 13.8 Å². The van der Waals surface area contributed by atoms with Crippen molar-refractivity contribution in [3.05, 3.63) is 29.3 Å². The molecule has 1 amide bonds. The first-order valence-corrected chi connectivity index (χ1v) is 6.63. The largest absolute Gasteiger partial charge is 0.351 e. The van der Waals surface area contributed by atoms with Gasteiger partial charge in [-0.3, -0.25) is 10.6 Å². The maximum Gasteiger partial charge on any atom is 0.251 e. The van der Waals surface area contributed by atoms with Gasteiger partial charge in [0.1, 0.15) is 5.69 Å². The summed E-state index contributed by atoms with van der Waals surface area (Å²) in [4.78, 5) is 11.9. The molecule has 0 spiro atoms. The van der Waals surface area contributed by atoms with Gasteiger partial charge in [-0.2, -0.15) is 0 Å². The van der Waals surface area contributed by atoms with Crippen LogP contribution in [0.25, 0.3) is 0 Å². The number of carbonyl (C=O) groups excluding carboxylic acids is 1. The molecule has 1 fully saturated rings. The minimum absolute atomic E-state index is 0.0430. The van der Waals surface area contributed by atoms with Gasteiger partial charge >= 0.3 is 0 Å². The molecular formula is C14H19F2N3O. The minimum atomic E-state index is -0.886. The van der Waals surface area contributed by atoms with Crippen LogP contribution in [0.3, 0.4) is 0 Å². The second-order valence-corrected chi connectivity index (χ2v) is 5.66. The van der Waals surface area contributed by atoms with Crippen LogP contribution in [-0.2, 0) is 0 Å². The Balaban J connectivity index is 2.07. The molecule has 1 aliphatic carbocycles. The highest BCUT2D eigenvalue weighted by atomic mass is 19.1. The van der Waals surface area contributed by atoms with E-state index in [4.69, 9.17) is 5.84 Å². The van der Waals surface area contributed by atoms with Gasteiger partial charge in [-0.25, -0.2) is 8.78 Å². The highest BCUT2D eigenvalue weighted by Gasteiger charge is 2.45. The van der Waals surface area contributed by atoms with Crippen molar-refractivity contribution >= 4 is 11.6 Å². The Kier molecular flexibility index (Phi) is 3.94. The number of anilines is 1. The van der Waals surface area contributed by atoms with E-state index >= 15 is 0 Å².